The second-order valence-electron chi connectivity index (χ2n) is 8.37. The SMILES string of the molecule is CC(C)=CCc1cccc2c1ccn2[Si](C(C)C)(C(C)C)C(C)C.[C-]#[O+].[C-]#[O+].[C-]#[O+].[Cr]. The summed E-state index contributed by atoms with van der Waals surface area (Å²) in [7, 11) is -1.68. The Morgan fingerprint density at radius 1 is 0.871 bits per heavy atom. The molecule has 4 nitrogen and oxygen atoms in total. The summed E-state index contributed by atoms with van der Waals surface area (Å²) in [6.07, 6.45) is 5.76. The molecule has 0 unspecified atom stereocenters. The van der Waals surface area contributed by atoms with Gasteiger partial charge in [-0.3, -0.25) is 0 Å². The molecule has 0 saturated carbocycles. The molecule has 1 heterocycles. The molecule has 0 amide bonds. The molecule has 1 aromatic carbocycles. The van der Waals surface area contributed by atoms with Crippen LogP contribution in [0.2, 0.25) is 16.6 Å². The average Bonchev–Trinajstić information content (AvgIpc) is 3.15. The Labute approximate surface area is 200 Å². The molecule has 2 rings (SSSR count). The molecule has 0 saturated heterocycles. The summed E-state index contributed by atoms with van der Waals surface area (Å²) < 4.78 is 25.2. The van der Waals surface area contributed by atoms with E-state index in [0.717, 1.165) is 23.0 Å². The summed E-state index contributed by atoms with van der Waals surface area (Å²) in [4.78, 5) is 0. The van der Waals surface area contributed by atoms with Crippen LogP contribution in [-0.2, 0) is 37.7 Å². The number of benzene rings is 1. The molecule has 0 N–H and O–H groups in total. The average molecular weight is 478 g/mol. The van der Waals surface area contributed by atoms with E-state index >= 15 is 0 Å². The molecule has 0 aliphatic carbocycles. The zero-order chi connectivity index (χ0) is 24.1. The van der Waals surface area contributed by atoms with Crippen molar-refractivity contribution in [2.45, 2.75) is 78.4 Å². The molecule has 0 radical (unpaired) electrons. The molecule has 31 heavy (non-hydrogen) atoms. The van der Waals surface area contributed by atoms with Gasteiger partial charge in [0.2, 0.25) is 0 Å². The molecule has 0 bridgehead atoms. The molecule has 0 atom stereocenters. The first kappa shape index (κ1) is 34.1. The van der Waals surface area contributed by atoms with Gasteiger partial charge in [0.1, 0.15) is 0 Å². The maximum Gasteiger partial charge on any atom is 0 e. The van der Waals surface area contributed by atoms with Gasteiger partial charge in [-0.15, -0.1) is 0 Å². The largest absolute Gasteiger partial charge is 0 e. The predicted octanol–water partition coefficient (Wildman–Crippen LogP) is 7.06. The van der Waals surface area contributed by atoms with Crippen molar-refractivity contribution in [3.63, 3.8) is 0 Å². The Morgan fingerprint density at radius 2 is 1.32 bits per heavy atom. The third kappa shape index (κ3) is 7.83. The third-order valence-electron chi connectivity index (χ3n) is 5.75. The summed E-state index contributed by atoms with van der Waals surface area (Å²) in [6, 6.07) is 9.22. The zero-order valence-corrected chi connectivity index (χ0v) is 22.3. The molecule has 168 valence electrons. The Kier molecular flexibility index (Phi) is 18.8. The van der Waals surface area contributed by atoms with Gasteiger partial charge in [0.15, 0.2) is 8.24 Å². The van der Waals surface area contributed by atoms with Crippen molar-refractivity contribution in [3.05, 3.63) is 67.6 Å². The second kappa shape index (κ2) is 17.1. The first-order chi connectivity index (χ1) is 14.2. The summed E-state index contributed by atoms with van der Waals surface area (Å²) in [5, 5.41) is 1.44. The fraction of sp³-hybridized carbons (Fsp3) is 0.480. The van der Waals surface area contributed by atoms with Gasteiger partial charge < -0.3 is 4.23 Å². The Balaban J connectivity index is -0.00000103. The van der Waals surface area contributed by atoms with Gasteiger partial charge in [-0.1, -0.05) is 65.3 Å². The summed E-state index contributed by atoms with van der Waals surface area (Å²) in [5.74, 6) is 0. The van der Waals surface area contributed by atoms with Crippen LogP contribution >= 0.6 is 0 Å². The second-order valence-corrected chi connectivity index (χ2v) is 14.1. The number of aromatic nitrogens is 1. The van der Waals surface area contributed by atoms with Gasteiger partial charge >= 0.3 is 33.9 Å². The molecule has 6 heteroatoms. The van der Waals surface area contributed by atoms with Gasteiger partial charge in [0.05, 0.1) is 0 Å². The van der Waals surface area contributed by atoms with Crippen LogP contribution in [0.1, 0.15) is 61.0 Å². The van der Waals surface area contributed by atoms with Gasteiger partial charge in [0, 0.05) is 28.3 Å². The molecular formula is C25H35CrNO3Si. The molecule has 0 aliphatic rings. The van der Waals surface area contributed by atoms with Gasteiger partial charge in [-0.2, -0.15) is 0 Å². The predicted molar refractivity (Wildman–Crippen MR) is 123 cm³/mol. The van der Waals surface area contributed by atoms with Gasteiger partial charge in [-0.25, -0.2) is 0 Å². The van der Waals surface area contributed by atoms with Crippen LogP contribution in [0.5, 0.6) is 0 Å². The standard InChI is InChI=1S/C22H35NSi.3CO.Cr/c1-16(2)12-13-20-10-9-11-22-21(20)14-15-23(22)24(17(3)4,18(5)6)19(7)8;3*1-2;/h9-12,14-15,17-19H,13H2,1-8H3;;;;. The van der Waals surface area contributed by atoms with Crippen molar-refractivity contribution in [2.75, 3.05) is 0 Å². The van der Waals surface area contributed by atoms with Crippen LogP contribution in [0.3, 0.4) is 0 Å². The fourth-order valence-electron chi connectivity index (χ4n) is 4.90. The van der Waals surface area contributed by atoms with E-state index in [1.807, 2.05) is 0 Å². The fourth-order valence-corrected chi connectivity index (χ4v) is 11.5. The molecule has 0 aliphatic heterocycles. The normalized spacial score (nSPS) is 9.97. The van der Waals surface area contributed by atoms with E-state index in [0.29, 0.717) is 0 Å². The number of hydrogen-bond donors (Lipinski definition) is 0. The van der Waals surface area contributed by atoms with E-state index in [4.69, 9.17) is 14.0 Å². The number of nitrogens with zero attached hydrogens (tertiary/aromatic N) is 1. The Hall–Kier alpha value is -1.53. The van der Waals surface area contributed by atoms with Crippen LogP contribution in [0.15, 0.2) is 42.1 Å². The first-order valence-electron chi connectivity index (χ1n) is 10.1. The van der Waals surface area contributed by atoms with Crippen molar-refractivity contribution in [2.24, 2.45) is 0 Å². The minimum absolute atomic E-state index is 0. The van der Waals surface area contributed by atoms with Crippen molar-refractivity contribution in [3.8, 4) is 0 Å². The third-order valence-corrected chi connectivity index (χ3v) is 12.5. The molecule has 0 fully saturated rings. The maximum absolute atomic E-state index is 7.50. The number of hydrogen-bond acceptors (Lipinski definition) is 0. The smallest absolute Gasteiger partial charge is 0 e. The molecular weight excluding hydrogens is 442 g/mol. The van der Waals surface area contributed by atoms with Gasteiger partial charge in [-0.05, 0) is 60.8 Å². The van der Waals surface area contributed by atoms with Crippen molar-refractivity contribution in [1.82, 2.24) is 4.23 Å². The number of rotatable bonds is 6. The topological polar surface area (TPSA) is 64.6 Å². The number of allylic oxidation sites excluding steroid dienone is 2. The van der Waals surface area contributed by atoms with E-state index in [9.17, 15) is 0 Å². The minimum Gasteiger partial charge on any atom is 0 e. The number of fused-ring (bicyclic) bond motifs is 1. The van der Waals surface area contributed by atoms with Crippen LogP contribution in [0.25, 0.3) is 10.9 Å². The Morgan fingerprint density at radius 3 is 1.71 bits per heavy atom. The van der Waals surface area contributed by atoms with E-state index in [-0.39, 0.29) is 17.4 Å². The monoisotopic (exact) mass is 477 g/mol. The molecule has 1 aromatic heterocycles. The van der Waals surface area contributed by atoms with E-state index in [2.05, 4.69) is 116 Å². The quantitative estimate of drug-likeness (QED) is 0.185. The van der Waals surface area contributed by atoms with Crippen molar-refractivity contribution >= 4 is 19.1 Å². The van der Waals surface area contributed by atoms with E-state index in [1.54, 1.807) is 0 Å². The van der Waals surface area contributed by atoms with Crippen molar-refractivity contribution < 1.29 is 31.3 Å². The summed E-state index contributed by atoms with van der Waals surface area (Å²) in [6.45, 7) is 32.5. The summed E-state index contributed by atoms with van der Waals surface area (Å²) in [5.41, 5.74) is 6.43. The Bertz CT molecular complexity index is 820. The van der Waals surface area contributed by atoms with E-state index < -0.39 is 8.24 Å². The van der Waals surface area contributed by atoms with Crippen LogP contribution < -0.4 is 0 Å². The van der Waals surface area contributed by atoms with Crippen LogP contribution in [0, 0.1) is 20.0 Å². The molecule has 0 spiro atoms. The first-order valence-corrected chi connectivity index (χ1v) is 12.2. The minimum atomic E-state index is -1.68. The molecule has 2 aromatic rings. The van der Waals surface area contributed by atoms with Crippen LogP contribution in [0.4, 0.5) is 0 Å². The van der Waals surface area contributed by atoms with Gasteiger partial charge in [0.25, 0.3) is 0 Å². The van der Waals surface area contributed by atoms with Crippen LogP contribution in [-0.4, -0.2) is 12.5 Å². The maximum atomic E-state index is 7.50. The van der Waals surface area contributed by atoms with E-state index in [1.165, 1.54) is 22.0 Å². The summed E-state index contributed by atoms with van der Waals surface area (Å²) >= 11 is 0. The van der Waals surface area contributed by atoms with Crippen molar-refractivity contribution in [1.29, 1.82) is 0 Å². The zero-order valence-electron chi connectivity index (χ0n) is 20.0.